The molecule has 2 nitrogen and oxygen atoms in total. The molecule has 15 heavy (non-hydrogen) atoms. The first-order valence-electron chi connectivity index (χ1n) is 5.76. The molecule has 0 bridgehead atoms. The van der Waals surface area contributed by atoms with Crippen LogP contribution in [0.3, 0.4) is 0 Å². The highest BCUT2D eigenvalue weighted by Gasteiger charge is 2.31. The topological polar surface area (TPSA) is 25.2 Å². The van der Waals surface area contributed by atoms with Crippen LogP contribution in [0, 0.1) is 5.92 Å². The maximum Gasteiger partial charge on any atom is 0.121 e. The van der Waals surface area contributed by atoms with Crippen LogP contribution in [0.25, 0.3) is 0 Å². The Kier molecular flexibility index (Phi) is 3.87. The summed E-state index contributed by atoms with van der Waals surface area (Å²) in [7, 11) is 0. The van der Waals surface area contributed by atoms with Gasteiger partial charge in [0.1, 0.15) is 5.76 Å². The van der Waals surface area contributed by atoms with Crippen LogP contribution in [0.4, 0.5) is 0 Å². The minimum absolute atomic E-state index is 0.605. The Morgan fingerprint density at radius 1 is 1.53 bits per heavy atom. The molecule has 1 heterocycles. The molecule has 0 aromatic carbocycles. The fourth-order valence-corrected chi connectivity index (χ4v) is 3.02. The smallest absolute Gasteiger partial charge is 0.121 e. The van der Waals surface area contributed by atoms with E-state index in [0.29, 0.717) is 5.92 Å². The molecule has 0 aliphatic heterocycles. The lowest BCUT2D eigenvalue weighted by Gasteiger charge is -2.18. The predicted octanol–water partition coefficient (Wildman–Crippen LogP) is 3.54. The Labute approximate surface area is 99.6 Å². The molecule has 1 aliphatic carbocycles. The summed E-state index contributed by atoms with van der Waals surface area (Å²) < 4.78 is 6.72. The van der Waals surface area contributed by atoms with Crippen LogP contribution in [0.1, 0.15) is 37.9 Å². The van der Waals surface area contributed by atoms with Gasteiger partial charge in [0.25, 0.3) is 0 Å². The average molecular weight is 272 g/mol. The van der Waals surface area contributed by atoms with Gasteiger partial charge in [-0.3, -0.25) is 0 Å². The quantitative estimate of drug-likeness (QED) is 0.907. The normalized spacial score (nSPS) is 26.0. The molecule has 2 atom stereocenters. The third kappa shape index (κ3) is 2.45. The van der Waals surface area contributed by atoms with E-state index >= 15 is 0 Å². The molecule has 1 fully saturated rings. The molecule has 0 amide bonds. The summed E-state index contributed by atoms with van der Waals surface area (Å²) in [4.78, 5) is 0. The number of furan rings is 1. The first kappa shape index (κ1) is 11.2. The third-order valence-corrected chi connectivity index (χ3v) is 3.95. The van der Waals surface area contributed by atoms with Crippen molar-refractivity contribution in [3.63, 3.8) is 0 Å². The molecule has 2 unspecified atom stereocenters. The number of halogens is 1. The van der Waals surface area contributed by atoms with Gasteiger partial charge in [-0.05, 0) is 53.8 Å². The molecule has 1 aliphatic rings. The summed E-state index contributed by atoms with van der Waals surface area (Å²) in [6.07, 6.45) is 5.70. The second-order valence-corrected chi connectivity index (χ2v) is 5.09. The zero-order valence-electron chi connectivity index (χ0n) is 9.13. The zero-order chi connectivity index (χ0) is 10.7. The summed E-state index contributed by atoms with van der Waals surface area (Å²) in [6.45, 7) is 4.34. The monoisotopic (exact) mass is 271 g/mol. The Hall–Kier alpha value is -0.280. The standard InChI is InChI=1S/C12H18BrNO/c1-2-14-8-9-4-3-5-10(9)12-11(13)6-7-15-12/h6-7,9-10,14H,2-5,8H2,1H3. The van der Waals surface area contributed by atoms with Crippen molar-refractivity contribution in [1.29, 1.82) is 0 Å². The van der Waals surface area contributed by atoms with E-state index in [4.69, 9.17) is 4.42 Å². The Morgan fingerprint density at radius 2 is 2.40 bits per heavy atom. The van der Waals surface area contributed by atoms with Crippen molar-refractivity contribution in [2.75, 3.05) is 13.1 Å². The lowest BCUT2D eigenvalue weighted by atomic mass is 9.93. The second-order valence-electron chi connectivity index (χ2n) is 4.24. The van der Waals surface area contributed by atoms with Gasteiger partial charge in [-0.2, -0.15) is 0 Å². The van der Waals surface area contributed by atoms with Gasteiger partial charge in [0, 0.05) is 5.92 Å². The van der Waals surface area contributed by atoms with Crippen molar-refractivity contribution in [2.24, 2.45) is 5.92 Å². The van der Waals surface area contributed by atoms with Crippen LogP contribution in [-0.2, 0) is 0 Å². The SMILES string of the molecule is CCNCC1CCCC1c1occc1Br. The maximum atomic E-state index is 5.58. The van der Waals surface area contributed by atoms with E-state index in [1.54, 1.807) is 6.26 Å². The fourth-order valence-electron chi connectivity index (χ4n) is 2.53. The van der Waals surface area contributed by atoms with E-state index in [9.17, 15) is 0 Å². The van der Waals surface area contributed by atoms with Crippen molar-refractivity contribution in [3.8, 4) is 0 Å². The van der Waals surface area contributed by atoms with E-state index in [1.165, 1.54) is 19.3 Å². The lowest BCUT2D eigenvalue weighted by Crippen LogP contribution is -2.24. The van der Waals surface area contributed by atoms with Crippen molar-refractivity contribution in [1.82, 2.24) is 5.32 Å². The Morgan fingerprint density at radius 3 is 3.07 bits per heavy atom. The van der Waals surface area contributed by atoms with Gasteiger partial charge >= 0.3 is 0 Å². The van der Waals surface area contributed by atoms with E-state index < -0.39 is 0 Å². The summed E-state index contributed by atoms with van der Waals surface area (Å²) in [5.41, 5.74) is 0. The predicted molar refractivity (Wildman–Crippen MR) is 65.0 cm³/mol. The van der Waals surface area contributed by atoms with E-state index in [2.05, 4.69) is 28.2 Å². The molecule has 1 N–H and O–H groups in total. The number of hydrogen-bond acceptors (Lipinski definition) is 2. The van der Waals surface area contributed by atoms with Gasteiger partial charge in [-0.25, -0.2) is 0 Å². The highest BCUT2D eigenvalue weighted by atomic mass is 79.9. The minimum Gasteiger partial charge on any atom is -0.468 e. The maximum absolute atomic E-state index is 5.58. The van der Waals surface area contributed by atoms with Gasteiger partial charge in [-0.15, -0.1) is 0 Å². The van der Waals surface area contributed by atoms with Crippen molar-refractivity contribution >= 4 is 15.9 Å². The van der Waals surface area contributed by atoms with Crippen LogP contribution in [-0.4, -0.2) is 13.1 Å². The second kappa shape index (κ2) is 5.17. The van der Waals surface area contributed by atoms with E-state index in [-0.39, 0.29) is 0 Å². The molecule has 84 valence electrons. The van der Waals surface area contributed by atoms with Crippen molar-refractivity contribution in [2.45, 2.75) is 32.1 Å². The molecule has 3 heteroatoms. The first-order chi connectivity index (χ1) is 7.33. The highest BCUT2D eigenvalue weighted by molar-refractivity contribution is 9.10. The van der Waals surface area contributed by atoms with Gasteiger partial charge in [0.2, 0.25) is 0 Å². The van der Waals surface area contributed by atoms with Crippen LogP contribution in [0.2, 0.25) is 0 Å². The Bertz CT molecular complexity index is 310. The number of nitrogens with one attached hydrogen (secondary N) is 1. The van der Waals surface area contributed by atoms with Gasteiger partial charge in [0.15, 0.2) is 0 Å². The van der Waals surface area contributed by atoms with Crippen LogP contribution >= 0.6 is 15.9 Å². The molecule has 0 spiro atoms. The van der Waals surface area contributed by atoms with E-state index in [0.717, 1.165) is 29.2 Å². The fraction of sp³-hybridized carbons (Fsp3) is 0.667. The zero-order valence-corrected chi connectivity index (χ0v) is 10.7. The van der Waals surface area contributed by atoms with E-state index in [1.807, 2.05) is 6.07 Å². The summed E-state index contributed by atoms with van der Waals surface area (Å²) in [5, 5.41) is 3.44. The first-order valence-corrected chi connectivity index (χ1v) is 6.55. The van der Waals surface area contributed by atoms with Crippen molar-refractivity contribution < 1.29 is 4.42 Å². The van der Waals surface area contributed by atoms with Crippen LogP contribution in [0.15, 0.2) is 21.2 Å². The highest BCUT2D eigenvalue weighted by Crippen LogP contribution is 2.42. The minimum atomic E-state index is 0.605. The number of hydrogen-bond donors (Lipinski definition) is 1. The summed E-state index contributed by atoms with van der Waals surface area (Å²) in [6, 6.07) is 2.00. The molecule has 1 aromatic rings. The van der Waals surface area contributed by atoms with Crippen LogP contribution < -0.4 is 5.32 Å². The molecular weight excluding hydrogens is 254 g/mol. The molecule has 1 saturated carbocycles. The van der Waals surface area contributed by atoms with Gasteiger partial charge < -0.3 is 9.73 Å². The molecule has 1 aromatic heterocycles. The van der Waals surface area contributed by atoms with Crippen molar-refractivity contribution in [3.05, 3.63) is 22.6 Å². The summed E-state index contributed by atoms with van der Waals surface area (Å²) >= 11 is 3.56. The molecule has 0 saturated heterocycles. The number of rotatable bonds is 4. The summed E-state index contributed by atoms with van der Waals surface area (Å²) in [5.74, 6) is 2.50. The lowest BCUT2D eigenvalue weighted by molar-refractivity contribution is 0.381. The van der Waals surface area contributed by atoms with Crippen LogP contribution in [0.5, 0.6) is 0 Å². The molecular formula is C12H18BrNO. The van der Waals surface area contributed by atoms with Gasteiger partial charge in [-0.1, -0.05) is 13.3 Å². The van der Waals surface area contributed by atoms with Gasteiger partial charge in [0.05, 0.1) is 10.7 Å². The largest absolute Gasteiger partial charge is 0.468 e. The average Bonchev–Trinajstić information content (AvgIpc) is 2.82. The molecule has 2 rings (SSSR count). The molecule has 0 radical (unpaired) electrons. The third-order valence-electron chi connectivity index (χ3n) is 3.30. The Balaban J connectivity index is 2.04.